The molecule has 0 aliphatic rings. The fourth-order valence-electron chi connectivity index (χ4n) is 1.05. The van der Waals surface area contributed by atoms with Crippen molar-refractivity contribution >= 4 is 11.8 Å². The number of phenolic OH excluding ortho intramolecular Hbond substituents is 1. The van der Waals surface area contributed by atoms with E-state index < -0.39 is 6.10 Å². The lowest BCUT2D eigenvalue weighted by atomic mass is 10.1. The standard InChI is InChI=1S/C9H13NO2S/c1-13-6-2-3-8(11)7(4-6)9(12)5-10/h2-4,9,11-12H,5,10H2,1H3. The predicted octanol–water partition coefficient (Wildman–Crippen LogP) is 1.11. The summed E-state index contributed by atoms with van der Waals surface area (Å²) in [6.07, 6.45) is 1.15. The Bertz CT molecular complexity index is 291. The normalized spacial score (nSPS) is 12.8. The van der Waals surface area contributed by atoms with E-state index in [0.717, 1.165) is 4.90 Å². The first-order valence-electron chi connectivity index (χ1n) is 3.94. The minimum absolute atomic E-state index is 0.0933. The van der Waals surface area contributed by atoms with Gasteiger partial charge in [-0.25, -0.2) is 0 Å². The van der Waals surface area contributed by atoms with Crippen LogP contribution in [0, 0.1) is 0 Å². The summed E-state index contributed by atoms with van der Waals surface area (Å²) in [5, 5.41) is 18.8. The highest BCUT2D eigenvalue weighted by Crippen LogP contribution is 2.28. The third kappa shape index (κ3) is 2.37. The van der Waals surface area contributed by atoms with Crippen LogP contribution in [0.2, 0.25) is 0 Å². The van der Waals surface area contributed by atoms with Crippen molar-refractivity contribution in [2.75, 3.05) is 12.8 Å². The molecular weight excluding hydrogens is 186 g/mol. The molecule has 4 N–H and O–H groups in total. The largest absolute Gasteiger partial charge is 0.508 e. The summed E-state index contributed by atoms with van der Waals surface area (Å²) < 4.78 is 0. The van der Waals surface area contributed by atoms with Gasteiger partial charge in [-0.05, 0) is 24.5 Å². The Hall–Kier alpha value is -0.710. The first kappa shape index (κ1) is 10.4. The van der Waals surface area contributed by atoms with Crippen LogP contribution in [0.4, 0.5) is 0 Å². The zero-order chi connectivity index (χ0) is 9.84. The lowest BCUT2D eigenvalue weighted by molar-refractivity contribution is 0.182. The van der Waals surface area contributed by atoms with Crippen LogP contribution >= 0.6 is 11.8 Å². The summed E-state index contributed by atoms with van der Waals surface area (Å²) in [6, 6.07) is 5.12. The Labute approximate surface area is 81.6 Å². The molecule has 1 unspecified atom stereocenters. The summed E-state index contributed by atoms with van der Waals surface area (Å²) in [4.78, 5) is 1.00. The first-order valence-corrected chi connectivity index (χ1v) is 5.16. The molecule has 1 aromatic carbocycles. The second-order valence-electron chi connectivity index (χ2n) is 2.68. The van der Waals surface area contributed by atoms with E-state index in [9.17, 15) is 10.2 Å². The molecule has 72 valence electrons. The minimum Gasteiger partial charge on any atom is -0.508 e. The van der Waals surface area contributed by atoms with Crippen molar-refractivity contribution in [2.45, 2.75) is 11.0 Å². The minimum atomic E-state index is -0.785. The van der Waals surface area contributed by atoms with E-state index >= 15 is 0 Å². The number of aliphatic hydroxyl groups excluding tert-OH is 1. The number of thioether (sulfide) groups is 1. The number of aromatic hydroxyl groups is 1. The van der Waals surface area contributed by atoms with Crippen LogP contribution in [0.1, 0.15) is 11.7 Å². The van der Waals surface area contributed by atoms with Crippen LogP contribution in [0.15, 0.2) is 23.1 Å². The van der Waals surface area contributed by atoms with Crippen molar-refractivity contribution in [1.29, 1.82) is 0 Å². The van der Waals surface area contributed by atoms with Crippen LogP contribution in [0.3, 0.4) is 0 Å². The Morgan fingerprint density at radius 3 is 2.77 bits per heavy atom. The highest BCUT2D eigenvalue weighted by atomic mass is 32.2. The second kappa shape index (κ2) is 4.50. The molecule has 13 heavy (non-hydrogen) atoms. The Balaban J connectivity index is 3.03. The van der Waals surface area contributed by atoms with E-state index in [2.05, 4.69) is 0 Å². The van der Waals surface area contributed by atoms with Crippen molar-refractivity contribution in [2.24, 2.45) is 5.73 Å². The highest BCUT2D eigenvalue weighted by molar-refractivity contribution is 7.98. The molecular formula is C9H13NO2S. The molecule has 0 saturated carbocycles. The first-order chi connectivity index (χ1) is 6.19. The van der Waals surface area contributed by atoms with Gasteiger partial charge in [0.05, 0.1) is 6.10 Å². The van der Waals surface area contributed by atoms with Gasteiger partial charge in [0.2, 0.25) is 0 Å². The van der Waals surface area contributed by atoms with Crippen molar-refractivity contribution in [3.63, 3.8) is 0 Å². The Morgan fingerprint density at radius 1 is 1.54 bits per heavy atom. The quantitative estimate of drug-likeness (QED) is 0.638. The molecule has 0 amide bonds. The SMILES string of the molecule is CSc1ccc(O)c(C(O)CN)c1. The average molecular weight is 199 g/mol. The maximum Gasteiger partial charge on any atom is 0.121 e. The van der Waals surface area contributed by atoms with E-state index in [1.165, 1.54) is 0 Å². The van der Waals surface area contributed by atoms with Gasteiger partial charge in [-0.3, -0.25) is 0 Å². The summed E-state index contributed by atoms with van der Waals surface area (Å²) >= 11 is 1.56. The zero-order valence-electron chi connectivity index (χ0n) is 7.40. The summed E-state index contributed by atoms with van der Waals surface area (Å²) in [7, 11) is 0. The summed E-state index contributed by atoms with van der Waals surface area (Å²) in [6.45, 7) is 0.116. The smallest absolute Gasteiger partial charge is 0.121 e. The van der Waals surface area contributed by atoms with Crippen molar-refractivity contribution in [3.05, 3.63) is 23.8 Å². The van der Waals surface area contributed by atoms with Crippen LogP contribution in [0.25, 0.3) is 0 Å². The van der Waals surface area contributed by atoms with E-state index in [1.54, 1.807) is 30.0 Å². The third-order valence-electron chi connectivity index (χ3n) is 1.82. The Morgan fingerprint density at radius 2 is 2.23 bits per heavy atom. The lowest BCUT2D eigenvalue weighted by Crippen LogP contribution is -2.11. The number of hydrogen-bond donors (Lipinski definition) is 3. The molecule has 1 atom stereocenters. The molecule has 4 heteroatoms. The number of rotatable bonds is 3. The molecule has 0 radical (unpaired) electrons. The molecule has 0 saturated heterocycles. The van der Waals surface area contributed by atoms with Gasteiger partial charge in [-0.1, -0.05) is 0 Å². The van der Waals surface area contributed by atoms with Gasteiger partial charge in [0, 0.05) is 17.0 Å². The van der Waals surface area contributed by atoms with Crippen molar-refractivity contribution < 1.29 is 10.2 Å². The second-order valence-corrected chi connectivity index (χ2v) is 3.56. The number of benzene rings is 1. The van der Waals surface area contributed by atoms with Gasteiger partial charge in [-0.2, -0.15) is 0 Å². The molecule has 0 heterocycles. The van der Waals surface area contributed by atoms with E-state index in [-0.39, 0.29) is 12.3 Å². The Kier molecular flexibility index (Phi) is 3.59. The molecule has 0 aliphatic heterocycles. The third-order valence-corrected chi connectivity index (χ3v) is 2.54. The maximum absolute atomic E-state index is 9.44. The average Bonchev–Trinajstić information content (AvgIpc) is 2.17. The van der Waals surface area contributed by atoms with Gasteiger partial charge < -0.3 is 15.9 Å². The van der Waals surface area contributed by atoms with Gasteiger partial charge in [0.15, 0.2) is 0 Å². The lowest BCUT2D eigenvalue weighted by Gasteiger charge is -2.11. The van der Waals surface area contributed by atoms with Crippen LogP contribution in [0.5, 0.6) is 5.75 Å². The molecule has 0 aliphatic carbocycles. The molecule has 0 fully saturated rings. The number of nitrogens with two attached hydrogens (primary N) is 1. The highest BCUT2D eigenvalue weighted by Gasteiger charge is 2.10. The van der Waals surface area contributed by atoms with Gasteiger partial charge in [0.25, 0.3) is 0 Å². The maximum atomic E-state index is 9.44. The summed E-state index contributed by atoms with van der Waals surface area (Å²) in [5.41, 5.74) is 5.79. The molecule has 1 rings (SSSR count). The van der Waals surface area contributed by atoms with Crippen LogP contribution in [-0.2, 0) is 0 Å². The molecule has 3 nitrogen and oxygen atoms in total. The van der Waals surface area contributed by atoms with Crippen molar-refractivity contribution in [3.8, 4) is 5.75 Å². The van der Waals surface area contributed by atoms with Gasteiger partial charge >= 0.3 is 0 Å². The molecule has 0 bridgehead atoms. The number of phenols is 1. The molecule has 0 spiro atoms. The van der Waals surface area contributed by atoms with Gasteiger partial charge in [-0.15, -0.1) is 11.8 Å². The number of aliphatic hydroxyl groups is 1. The number of hydrogen-bond acceptors (Lipinski definition) is 4. The van der Waals surface area contributed by atoms with E-state index in [0.29, 0.717) is 5.56 Å². The van der Waals surface area contributed by atoms with E-state index in [1.807, 2.05) is 6.26 Å². The zero-order valence-corrected chi connectivity index (χ0v) is 8.21. The fraction of sp³-hybridized carbons (Fsp3) is 0.333. The van der Waals surface area contributed by atoms with Gasteiger partial charge in [0.1, 0.15) is 5.75 Å². The molecule has 1 aromatic rings. The molecule has 0 aromatic heterocycles. The van der Waals surface area contributed by atoms with E-state index in [4.69, 9.17) is 5.73 Å². The monoisotopic (exact) mass is 199 g/mol. The summed E-state index contributed by atoms with van der Waals surface area (Å²) in [5.74, 6) is 0.0933. The van der Waals surface area contributed by atoms with Crippen LogP contribution in [-0.4, -0.2) is 23.0 Å². The van der Waals surface area contributed by atoms with Crippen molar-refractivity contribution in [1.82, 2.24) is 0 Å². The van der Waals surface area contributed by atoms with Crippen LogP contribution < -0.4 is 5.73 Å². The topological polar surface area (TPSA) is 66.5 Å². The predicted molar refractivity (Wildman–Crippen MR) is 53.9 cm³/mol. The fourth-order valence-corrected chi connectivity index (χ4v) is 1.50.